The summed E-state index contributed by atoms with van der Waals surface area (Å²) in [4.78, 5) is 19.2. The predicted octanol–water partition coefficient (Wildman–Crippen LogP) is 4.60. The minimum absolute atomic E-state index is 0.0570. The molecular weight excluding hydrogens is 363 g/mol. The highest BCUT2D eigenvalue weighted by Gasteiger charge is 2.19. The highest BCUT2D eigenvalue weighted by atomic mass is 35.5. The van der Waals surface area contributed by atoms with Crippen molar-refractivity contribution in [1.29, 1.82) is 0 Å². The van der Waals surface area contributed by atoms with Gasteiger partial charge in [-0.3, -0.25) is 0 Å². The van der Waals surface area contributed by atoms with Crippen LogP contribution in [0, 0.1) is 0 Å². The fourth-order valence-corrected chi connectivity index (χ4v) is 2.96. The maximum absolute atomic E-state index is 14.8. The maximum atomic E-state index is 14.8. The standard InChI is InChI=1S/C17H20ClFN2O3Si/c1-25(2,3)9-8-24-17-20-7-6-14(21-17)15(19)11-4-5-13(18)12(10-11)16(22)23/h4-7,10,15H,8-9H2,1-3H3,(H,22,23). The number of carboxylic acid groups (broad SMARTS) is 1. The number of halogens is 2. The number of nitrogens with zero attached hydrogens (tertiary/aromatic N) is 2. The summed E-state index contributed by atoms with van der Waals surface area (Å²) < 4.78 is 20.3. The zero-order valence-electron chi connectivity index (χ0n) is 14.3. The van der Waals surface area contributed by atoms with Gasteiger partial charge in [-0.05, 0) is 29.8 Å². The van der Waals surface area contributed by atoms with Gasteiger partial charge in [0.15, 0.2) is 6.17 Å². The molecule has 0 aliphatic heterocycles. The van der Waals surface area contributed by atoms with Gasteiger partial charge < -0.3 is 9.84 Å². The van der Waals surface area contributed by atoms with Crippen LogP contribution in [0.2, 0.25) is 30.7 Å². The van der Waals surface area contributed by atoms with Gasteiger partial charge in [0.05, 0.1) is 22.9 Å². The van der Waals surface area contributed by atoms with Crippen LogP contribution in [0.4, 0.5) is 4.39 Å². The van der Waals surface area contributed by atoms with Crippen LogP contribution in [0.15, 0.2) is 30.5 Å². The van der Waals surface area contributed by atoms with Gasteiger partial charge in [-0.15, -0.1) is 0 Å². The summed E-state index contributed by atoms with van der Waals surface area (Å²) in [7, 11) is -1.24. The number of carbonyl (C=O) groups is 1. The first-order chi connectivity index (χ1) is 11.7. The lowest BCUT2D eigenvalue weighted by molar-refractivity contribution is 0.0697. The van der Waals surface area contributed by atoms with Crippen molar-refractivity contribution in [3.8, 4) is 6.01 Å². The first-order valence-electron chi connectivity index (χ1n) is 7.80. The lowest BCUT2D eigenvalue weighted by atomic mass is 10.0. The number of carboxylic acids is 1. The van der Waals surface area contributed by atoms with Crippen LogP contribution in [0.3, 0.4) is 0 Å². The molecule has 0 fully saturated rings. The van der Waals surface area contributed by atoms with E-state index in [1.54, 1.807) is 0 Å². The SMILES string of the molecule is C[Si](C)(C)CCOc1nccc(C(F)c2ccc(Cl)c(C(=O)O)c2)n1. The first kappa shape index (κ1) is 19.3. The third-order valence-electron chi connectivity index (χ3n) is 3.51. The molecule has 8 heteroatoms. The summed E-state index contributed by atoms with van der Waals surface area (Å²) in [6.45, 7) is 7.17. The summed E-state index contributed by atoms with van der Waals surface area (Å²) in [5.74, 6) is -1.21. The number of aromatic nitrogens is 2. The molecule has 2 aromatic rings. The van der Waals surface area contributed by atoms with Crippen LogP contribution in [0.1, 0.15) is 27.8 Å². The molecule has 1 aromatic carbocycles. The van der Waals surface area contributed by atoms with Crippen LogP contribution >= 0.6 is 11.6 Å². The van der Waals surface area contributed by atoms with Crippen molar-refractivity contribution in [3.05, 3.63) is 52.3 Å². The topological polar surface area (TPSA) is 72.3 Å². The number of benzene rings is 1. The molecule has 0 radical (unpaired) electrons. The molecule has 25 heavy (non-hydrogen) atoms. The number of ether oxygens (including phenoxy) is 1. The van der Waals surface area contributed by atoms with E-state index < -0.39 is 20.2 Å². The summed E-state index contributed by atoms with van der Waals surface area (Å²) in [6, 6.07) is 6.51. The second-order valence-electron chi connectivity index (χ2n) is 6.83. The highest BCUT2D eigenvalue weighted by Crippen LogP contribution is 2.28. The van der Waals surface area contributed by atoms with E-state index in [2.05, 4.69) is 29.6 Å². The van der Waals surface area contributed by atoms with E-state index in [0.717, 1.165) is 6.04 Å². The molecule has 134 valence electrons. The molecule has 0 aliphatic carbocycles. The maximum Gasteiger partial charge on any atom is 0.337 e. The van der Waals surface area contributed by atoms with E-state index in [1.807, 2.05) is 0 Å². The fourth-order valence-electron chi connectivity index (χ4n) is 2.05. The summed E-state index contributed by atoms with van der Waals surface area (Å²) in [5, 5.41) is 9.16. The molecule has 0 bridgehead atoms. The third kappa shape index (κ3) is 5.50. The van der Waals surface area contributed by atoms with Crippen LogP contribution in [-0.4, -0.2) is 35.7 Å². The second-order valence-corrected chi connectivity index (χ2v) is 12.9. The van der Waals surface area contributed by atoms with Crippen LogP contribution in [0.5, 0.6) is 6.01 Å². The Morgan fingerprint density at radius 3 is 2.72 bits per heavy atom. The fraction of sp³-hybridized carbons (Fsp3) is 0.353. The zero-order chi connectivity index (χ0) is 18.6. The van der Waals surface area contributed by atoms with Crippen molar-refractivity contribution >= 4 is 25.6 Å². The number of hydrogen-bond donors (Lipinski definition) is 1. The molecule has 0 spiro atoms. The van der Waals surface area contributed by atoms with Crippen molar-refractivity contribution in [3.63, 3.8) is 0 Å². The Bertz CT molecular complexity index is 768. The second kappa shape index (κ2) is 7.92. The quantitative estimate of drug-likeness (QED) is 0.708. The molecule has 2 rings (SSSR count). The van der Waals surface area contributed by atoms with Gasteiger partial charge >= 0.3 is 12.0 Å². The largest absolute Gasteiger partial charge is 0.478 e. The van der Waals surface area contributed by atoms with Gasteiger partial charge in [0.2, 0.25) is 0 Å². The molecule has 0 saturated heterocycles. The molecule has 1 atom stereocenters. The van der Waals surface area contributed by atoms with E-state index >= 15 is 0 Å². The molecular formula is C17H20ClFN2O3Si. The number of aromatic carboxylic acids is 1. The average Bonchev–Trinajstić information content (AvgIpc) is 2.53. The normalized spacial score (nSPS) is 12.7. The molecule has 1 N–H and O–H groups in total. The Hall–Kier alpha value is -1.99. The summed E-state index contributed by atoms with van der Waals surface area (Å²) >= 11 is 5.82. The van der Waals surface area contributed by atoms with Crippen LogP contribution in [-0.2, 0) is 0 Å². The van der Waals surface area contributed by atoms with E-state index in [0.29, 0.717) is 6.61 Å². The van der Waals surface area contributed by atoms with E-state index in [-0.39, 0.29) is 27.9 Å². The van der Waals surface area contributed by atoms with E-state index in [1.165, 1.54) is 30.5 Å². The van der Waals surface area contributed by atoms with Crippen molar-refractivity contribution in [2.45, 2.75) is 31.9 Å². The lowest BCUT2D eigenvalue weighted by Gasteiger charge is -2.15. The van der Waals surface area contributed by atoms with Gasteiger partial charge in [0.1, 0.15) is 0 Å². The first-order valence-corrected chi connectivity index (χ1v) is 11.9. The van der Waals surface area contributed by atoms with Gasteiger partial charge in [0, 0.05) is 14.3 Å². The monoisotopic (exact) mass is 382 g/mol. The molecule has 1 unspecified atom stereocenters. The molecule has 1 aromatic heterocycles. The van der Waals surface area contributed by atoms with Crippen molar-refractivity contribution < 1.29 is 19.0 Å². The Balaban J connectivity index is 2.17. The number of alkyl halides is 1. The van der Waals surface area contributed by atoms with E-state index in [9.17, 15) is 9.18 Å². The van der Waals surface area contributed by atoms with Gasteiger partial charge in [-0.1, -0.05) is 37.3 Å². The molecule has 0 aliphatic rings. The molecule has 1 heterocycles. The van der Waals surface area contributed by atoms with Crippen molar-refractivity contribution in [1.82, 2.24) is 9.97 Å². The van der Waals surface area contributed by atoms with Crippen LogP contribution in [0.25, 0.3) is 0 Å². The average molecular weight is 383 g/mol. The van der Waals surface area contributed by atoms with Crippen LogP contribution < -0.4 is 4.74 Å². The Morgan fingerprint density at radius 2 is 2.08 bits per heavy atom. The van der Waals surface area contributed by atoms with E-state index in [4.69, 9.17) is 21.4 Å². The number of hydrogen-bond acceptors (Lipinski definition) is 4. The molecule has 5 nitrogen and oxygen atoms in total. The minimum Gasteiger partial charge on any atom is -0.478 e. The highest BCUT2D eigenvalue weighted by molar-refractivity contribution is 6.76. The van der Waals surface area contributed by atoms with Gasteiger partial charge in [0.25, 0.3) is 0 Å². The zero-order valence-corrected chi connectivity index (χ0v) is 16.0. The summed E-state index contributed by atoms with van der Waals surface area (Å²) in [5.41, 5.74) is 0.118. The van der Waals surface area contributed by atoms with Gasteiger partial charge in [-0.2, -0.15) is 4.98 Å². The smallest absolute Gasteiger partial charge is 0.337 e. The van der Waals surface area contributed by atoms with Gasteiger partial charge in [-0.25, -0.2) is 14.2 Å². The number of rotatable bonds is 7. The molecule has 0 amide bonds. The van der Waals surface area contributed by atoms with Crippen molar-refractivity contribution in [2.24, 2.45) is 0 Å². The summed E-state index contributed by atoms with van der Waals surface area (Å²) in [6.07, 6.45) is -0.176. The van der Waals surface area contributed by atoms with Crippen molar-refractivity contribution in [2.75, 3.05) is 6.61 Å². The molecule has 0 saturated carbocycles. The Morgan fingerprint density at radius 1 is 1.36 bits per heavy atom. The lowest BCUT2D eigenvalue weighted by Crippen LogP contribution is -2.22. The minimum atomic E-state index is -1.60. The Labute approximate surface area is 151 Å². The Kier molecular flexibility index (Phi) is 6.13. The predicted molar refractivity (Wildman–Crippen MR) is 97.0 cm³/mol. The third-order valence-corrected chi connectivity index (χ3v) is 5.55.